The number of carbonyl (C=O) groups is 2. The van der Waals surface area contributed by atoms with Crippen LogP contribution < -0.4 is 16.3 Å². The monoisotopic (exact) mass is 326 g/mol. The lowest BCUT2D eigenvalue weighted by atomic mass is 10.2. The number of nitrogens with zero attached hydrogens (tertiary/aromatic N) is 2. The molecule has 0 saturated carbocycles. The molecule has 0 bridgehead atoms. The van der Waals surface area contributed by atoms with Crippen LogP contribution in [0, 0.1) is 6.92 Å². The number of aryl methyl sites for hydroxylation is 1. The molecule has 2 heterocycles. The summed E-state index contributed by atoms with van der Waals surface area (Å²) in [5.74, 6) is -0.885. The van der Waals surface area contributed by atoms with E-state index in [0.717, 1.165) is 0 Å². The fourth-order valence-corrected chi connectivity index (χ4v) is 2.08. The largest absolute Gasteiger partial charge is 0.342 e. The van der Waals surface area contributed by atoms with Gasteiger partial charge < -0.3 is 20.6 Å². The Kier molecular flexibility index (Phi) is 4.06. The van der Waals surface area contributed by atoms with Crippen molar-refractivity contribution in [1.29, 1.82) is 0 Å². The van der Waals surface area contributed by atoms with Gasteiger partial charge in [-0.3, -0.25) is 14.6 Å². The Balaban J connectivity index is 1.59. The second-order valence-electron chi connectivity index (χ2n) is 5.11. The summed E-state index contributed by atoms with van der Waals surface area (Å²) in [6.45, 7) is 1.55. The maximum Gasteiger partial charge on any atom is 0.323 e. The second-order valence-corrected chi connectivity index (χ2v) is 5.11. The van der Waals surface area contributed by atoms with Crippen LogP contribution in [0.3, 0.4) is 0 Å². The van der Waals surface area contributed by atoms with Crippen molar-refractivity contribution >= 4 is 28.5 Å². The van der Waals surface area contributed by atoms with Crippen molar-refractivity contribution in [3.05, 3.63) is 52.5 Å². The minimum atomic E-state index is -0.483. The summed E-state index contributed by atoms with van der Waals surface area (Å²) in [5.41, 5.74) is 2.25. The van der Waals surface area contributed by atoms with E-state index >= 15 is 0 Å². The van der Waals surface area contributed by atoms with Crippen molar-refractivity contribution in [1.82, 2.24) is 25.3 Å². The summed E-state index contributed by atoms with van der Waals surface area (Å²) >= 11 is 0. The van der Waals surface area contributed by atoms with E-state index in [0.29, 0.717) is 22.4 Å². The maximum atomic E-state index is 11.9. The topological polar surface area (TPSA) is 133 Å². The lowest BCUT2D eigenvalue weighted by Crippen LogP contribution is -2.33. The van der Waals surface area contributed by atoms with Gasteiger partial charge in [0.1, 0.15) is 5.69 Å². The summed E-state index contributed by atoms with van der Waals surface area (Å²) in [6, 6.07) is 4.94. The van der Waals surface area contributed by atoms with Crippen molar-refractivity contribution in [3.8, 4) is 0 Å². The number of rotatable bonds is 4. The average Bonchev–Trinajstić information content (AvgIpc) is 2.92. The molecule has 0 aliphatic heterocycles. The van der Waals surface area contributed by atoms with E-state index in [4.69, 9.17) is 0 Å². The highest BCUT2D eigenvalue weighted by Crippen LogP contribution is 2.14. The molecule has 0 spiro atoms. The predicted molar refractivity (Wildman–Crippen MR) is 86.7 cm³/mol. The van der Waals surface area contributed by atoms with Gasteiger partial charge in [0.2, 0.25) is 5.91 Å². The lowest BCUT2D eigenvalue weighted by Gasteiger charge is -2.07. The molecule has 0 aliphatic carbocycles. The number of fused-ring (bicyclic) bond motifs is 1. The number of aromatic amines is 2. The van der Waals surface area contributed by atoms with Gasteiger partial charge in [-0.05, 0) is 25.1 Å². The van der Waals surface area contributed by atoms with Crippen LogP contribution in [0.5, 0.6) is 0 Å². The molecule has 9 nitrogen and oxygen atoms in total. The maximum absolute atomic E-state index is 11.9. The van der Waals surface area contributed by atoms with Crippen LogP contribution in [0.1, 0.15) is 16.2 Å². The normalized spacial score (nSPS) is 10.5. The van der Waals surface area contributed by atoms with Crippen LogP contribution in [0.2, 0.25) is 0 Å². The molecular weight excluding hydrogens is 312 g/mol. The Hall–Kier alpha value is -3.49. The summed E-state index contributed by atoms with van der Waals surface area (Å²) in [4.78, 5) is 48.1. The third kappa shape index (κ3) is 3.46. The number of benzene rings is 1. The first kappa shape index (κ1) is 15.4. The van der Waals surface area contributed by atoms with Gasteiger partial charge in [-0.2, -0.15) is 0 Å². The van der Waals surface area contributed by atoms with Gasteiger partial charge in [0.15, 0.2) is 0 Å². The quantitative estimate of drug-likeness (QED) is 0.548. The molecule has 1 aromatic carbocycles. The van der Waals surface area contributed by atoms with Crippen molar-refractivity contribution in [3.63, 3.8) is 0 Å². The molecule has 0 aliphatic rings. The molecule has 0 radical (unpaired) electrons. The summed E-state index contributed by atoms with van der Waals surface area (Å²) < 4.78 is 0. The number of aromatic nitrogens is 4. The van der Waals surface area contributed by atoms with Gasteiger partial charge in [0.05, 0.1) is 29.5 Å². The molecule has 4 N–H and O–H groups in total. The van der Waals surface area contributed by atoms with E-state index in [1.807, 2.05) is 0 Å². The van der Waals surface area contributed by atoms with E-state index in [9.17, 15) is 14.4 Å². The van der Waals surface area contributed by atoms with Crippen molar-refractivity contribution in [2.75, 3.05) is 11.9 Å². The third-order valence-corrected chi connectivity index (χ3v) is 3.22. The van der Waals surface area contributed by atoms with Gasteiger partial charge >= 0.3 is 5.69 Å². The van der Waals surface area contributed by atoms with Crippen molar-refractivity contribution in [2.24, 2.45) is 0 Å². The van der Waals surface area contributed by atoms with E-state index in [1.165, 1.54) is 12.4 Å². The Bertz CT molecular complexity index is 957. The molecule has 2 aromatic heterocycles. The molecule has 0 fully saturated rings. The van der Waals surface area contributed by atoms with E-state index < -0.39 is 11.8 Å². The summed E-state index contributed by atoms with van der Waals surface area (Å²) in [7, 11) is 0. The molecule has 9 heteroatoms. The van der Waals surface area contributed by atoms with E-state index in [-0.39, 0.29) is 17.9 Å². The van der Waals surface area contributed by atoms with E-state index in [1.54, 1.807) is 25.1 Å². The number of carbonyl (C=O) groups excluding carboxylic acids is 2. The Morgan fingerprint density at radius 1 is 1.12 bits per heavy atom. The number of hydrogen-bond acceptors (Lipinski definition) is 5. The fourth-order valence-electron chi connectivity index (χ4n) is 2.08. The van der Waals surface area contributed by atoms with Crippen LogP contribution in [0.15, 0.2) is 35.4 Å². The van der Waals surface area contributed by atoms with Crippen LogP contribution in [-0.4, -0.2) is 38.3 Å². The van der Waals surface area contributed by atoms with E-state index in [2.05, 4.69) is 30.6 Å². The van der Waals surface area contributed by atoms with Crippen molar-refractivity contribution in [2.45, 2.75) is 6.92 Å². The van der Waals surface area contributed by atoms with Crippen LogP contribution in [0.25, 0.3) is 11.0 Å². The zero-order valence-corrected chi connectivity index (χ0v) is 12.7. The predicted octanol–water partition coefficient (Wildman–Crippen LogP) is 0.323. The van der Waals surface area contributed by atoms with Crippen LogP contribution in [0.4, 0.5) is 5.69 Å². The lowest BCUT2D eigenvalue weighted by molar-refractivity contribution is -0.115. The minimum Gasteiger partial charge on any atom is -0.342 e. The molecule has 122 valence electrons. The Morgan fingerprint density at radius 3 is 2.67 bits per heavy atom. The number of nitrogens with one attached hydrogen (secondary N) is 4. The second kappa shape index (κ2) is 6.32. The highest BCUT2D eigenvalue weighted by Gasteiger charge is 2.10. The number of hydrogen-bond donors (Lipinski definition) is 4. The average molecular weight is 326 g/mol. The summed E-state index contributed by atoms with van der Waals surface area (Å²) in [6.07, 6.45) is 2.82. The van der Waals surface area contributed by atoms with Gasteiger partial charge in [-0.1, -0.05) is 0 Å². The smallest absolute Gasteiger partial charge is 0.323 e. The summed E-state index contributed by atoms with van der Waals surface area (Å²) in [5, 5.41) is 5.10. The van der Waals surface area contributed by atoms with Gasteiger partial charge in [0.25, 0.3) is 5.91 Å². The third-order valence-electron chi connectivity index (χ3n) is 3.22. The molecule has 0 atom stereocenters. The molecule has 0 unspecified atom stereocenters. The van der Waals surface area contributed by atoms with Gasteiger partial charge in [0, 0.05) is 11.9 Å². The Labute approximate surface area is 135 Å². The molecule has 2 amide bonds. The Morgan fingerprint density at radius 2 is 1.92 bits per heavy atom. The number of H-pyrrole nitrogens is 2. The van der Waals surface area contributed by atoms with Gasteiger partial charge in [-0.25, -0.2) is 9.78 Å². The molecular formula is C15H14N6O3. The first-order valence-corrected chi connectivity index (χ1v) is 7.10. The van der Waals surface area contributed by atoms with Crippen LogP contribution >= 0.6 is 0 Å². The number of imidazole rings is 1. The zero-order chi connectivity index (χ0) is 17.1. The zero-order valence-electron chi connectivity index (χ0n) is 12.7. The molecule has 3 aromatic rings. The highest BCUT2D eigenvalue weighted by atomic mass is 16.2. The molecule has 0 saturated heterocycles. The molecule has 24 heavy (non-hydrogen) atoms. The van der Waals surface area contributed by atoms with Gasteiger partial charge in [-0.15, -0.1) is 0 Å². The number of amides is 2. The SMILES string of the molecule is Cc1cnc(C(=O)NCC(=O)Nc2ccc3[nH]c(=O)[nH]c3c2)cn1. The first-order chi connectivity index (χ1) is 11.5. The first-order valence-electron chi connectivity index (χ1n) is 7.10. The number of anilines is 1. The standard InChI is InChI=1S/C15H14N6O3/c1-8-5-17-12(6-16-8)14(23)18-7-13(22)19-9-2-3-10-11(4-9)21-15(24)20-10/h2-6H,7H2,1H3,(H,18,23)(H,19,22)(H2,20,21,24). The highest BCUT2D eigenvalue weighted by molar-refractivity contribution is 5.98. The fraction of sp³-hybridized carbons (Fsp3) is 0.133. The van der Waals surface area contributed by atoms with Crippen molar-refractivity contribution < 1.29 is 9.59 Å². The minimum absolute atomic E-state index is 0.139. The molecule has 3 rings (SSSR count). The van der Waals surface area contributed by atoms with Crippen LogP contribution in [-0.2, 0) is 4.79 Å².